The first-order valence-electron chi connectivity index (χ1n) is 8.08. The second-order valence-electron chi connectivity index (χ2n) is 5.69. The van der Waals surface area contributed by atoms with Gasteiger partial charge in [0.1, 0.15) is 11.3 Å². The van der Waals surface area contributed by atoms with Gasteiger partial charge in [-0.05, 0) is 35.9 Å². The molecule has 0 saturated carbocycles. The first kappa shape index (κ1) is 15.3. The van der Waals surface area contributed by atoms with Crippen LogP contribution < -0.4 is 10.2 Å². The number of furan rings is 1. The molecule has 0 fully saturated rings. The molecular formula is C21H16O4. The molecule has 25 heavy (non-hydrogen) atoms. The van der Waals surface area contributed by atoms with Crippen molar-refractivity contribution >= 4 is 11.0 Å². The Morgan fingerprint density at radius 2 is 1.76 bits per heavy atom. The van der Waals surface area contributed by atoms with Crippen molar-refractivity contribution in [3.05, 3.63) is 88.8 Å². The molecule has 0 spiro atoms. The maximum atomic E-state index is 12.4. The topological polar surface area (TPSA) is 52.6 Å². The lowest BCUT2D eigenvalue weighted by molar-refractivity contribution is 0.322. The third kappa shape index (κ3) is 3.33. The second kappa shape index (κ2) is 6.69. The van der Waals surface area contributed by atoms with Gasteiger partial charge in [0.05, 0.1) is 18.3 Å². The maximum absolute atomic E-state index is 12.4. The van der Waals surface area contributed by atoms with Gasteiger partial charge in [-0.3, -0.25) is 4.79 Å². The van der Waals surface area contributed by atoms with Gasteiger partial charge in [-0.15, -0.1) is 0 Å². The molecule has 4 heteroatoms. The minimum absolute atomic E-state index is 0.124. The Hall–Kier alpha value is -3.27. The summed E-state index contributed by atoms with van der Waals surface area (Å²) in [5.74, 6) is 1.60. The van der Waals surface area contributed by atoms with Crippen LogP contribution in [-0.4, -0.2) is 6.61 Å². The fourth-order valence-corrected chi connectivity index (χ4v) is 2.70. The molecule has 0 bridgehead atoms. The standard InChI is InChI=1S/C21H16O4/c22-18-14-21(20-7-4-11-24-20)25-19-9-8-16(13-17(18)19)23-12-10-15-5-2-1-3-6-15/h1-9,11,13-14H,10,12H2. The van der Waals surface area contributed by atoms with Gasteiger partial charge < -0.3 is 13.6 Å². The number of hydrogen-bond acceptors (Lipinski definition) is 4. The Bertz CT molecular complexity index is 1030. The van der Waals surface area contributed by atoms with Crippen LogP contribution in [0.3, 0.4) is 0 Å². The predicted molar refractivity (Wildman–Crippen MR) is 95.8 cm³/mol. The van der Waals surface area contributed by atoms with E-state index < -0.39 is 0 Å². The molecular weight excluding hydrogens is 316 g/mol. The summed E-state index contributed by atoms with van der Waals surface area (Å²) in [5, 5.41) is 0.493. The Balaban J connectivity index is 1.55. The fraction of sp³-hybridized carbons (Fsp3) is 0.0952. The van der Waals surface area contributed by atoms with Gasteiger partial charge in [-0.1, -0.05) is 30.3 Å². The molecule has 4 nitrogen and oxygen atoms in total. The highest BCUT2D eigenvalue weighted by molar-refractivity contribution is 5.79. The molecule has 0 aliphatic carbocycles. The first-order chi connectivity index (χ1) is 12.3. The van der Waals surface area contributed by atoms with Gasteiger partial charge in [-0.25, -0.2) is 0 Å². The molecule has 0 saturated heterocycles. The highest BCUT2D eigenvalue weighted by Crippen LogP contribution is 2.25. The molecule has 2 aromatic carbocycles. The second-order valence-corrected chi connectivity index (χ2v) is 5.69. The summed E-state index contributed by atoms with van der Waals surface area (Å²) in [6, 6.07) is 20.4. The van der Waals surface area contributed by atoms with Gasteiger partial charge in [0, 0.05) is 12.5 Å². The number of ether oxygens (including phenoxy) is 1. The summed E-state index contributed by atoms with van der Waals surface area (Å²) >= 11 is 0. The van der Waals surface area contributed by atoms with Crippen molar-refractivity contribution in [1.29, 1.82) is 0 Å². The fourth-order valence-electron chi connectivity index (χ4n) is 2.70. The van der Waals surface area contributed by atoms with Gasteiger partial charge in [0.15, 0.2) is 16.9 Å². The molecule has 0 radical (unpaired) electrons. The van der Waals surface area contributed by atoms with Crippen molar-refractivity contribution in [3.63, 3.8) is 0 Å². The van der Waals surface area contributed by atoms with Crippen molar-refractivity contribution in [2.75, 3.05) is 6.61 Å². The molecule has 0 aliphatic rings. The van der Waals surface area contributed by atoms with E-state index in [9.17, 15) is 4.79 Å². The van der Waals surface area contributed by atoms with Crippen molar-refractivity contribution in [2.45, 2.75) is 6.42 Å². The van der Waals surface area contributed by atoms with Crippen LogP contribution in [0.2, 0.25) is 0 Å². The zero-order chi connectivity index (χ0) is 17.1. The summed E-state index contributed by atoms with van der Waals surface area (Å²) in [6.07, 6.45) is 2.36. The normalized spacial score (nSPS) is 10.9. The average Bonchev–Trinajstić information content (AvgIpc) is 3.18. The van der Waals surface area contributed by atoms with E-state index in [4.69, 9.17) is 13.6 Å². The van der Waals surface area contributed by atoms with Crippen molar-refractivity contribution in [2.24, 2.45) is 0 Å². The van der Waals surface area contributed by atoms with Crippen LogP contribution >= 0.6 is 0 Å². The molecule has 4 rings (SSSR count). The third-order valence-electron chi connectivity index (χ3n) is 3.96. The maximum Gasteiger partial charge on any atom is 0.193 e. The van der Waals surface area contributed by atoms with Crippen LogP contribution in [0.4, 0.5) is 0 Å². The summed E-state index contributed by atoms with van der Waals surface area (Å²) in [6.45, 7) is 0.547. The summed E-state index contributed by atoms with van der Waals surface area (Å²) < 4.78 is 16.8. The van der Waals surface area contributed by atoms with E-state index in [1.54, 1.807) is 30.5 Å². The smallest absolute Gasteiger partial charge is 0.193 e. The Labute approximate surface area is 144 Å². The van der Waals surface area contributed by atoms with Gasteiger partial charge in [-0.2, -0.15) is 0 Å². The van der Waals surface area contributed by atoms with Crippen molar-refractivity contribution < 1.29 is 13.6 Å². The summed E-state index contributed by atoms with van der Waals surface area (Å²) in [4.78, 5) is 12.4. The highest BCUT2D eigenvalue weighted by Gasteiger charge is 2.10. The summed E-state index contributed by atoms with van der Waals surface area (Å²) in [5.41, 5.74) is 1.60. The van der Waals surface area contributed by atoms with Gasteiger partial charge in [0.25, 0.3) is 0 Å². The lowest BCUT2D eigenvalue weighted by Gasteiger charge is -2.07. The van der Waals surface area contributed by atoms with E-state index in [1.165, 1.54) is 11.6 Å². The number of hydrogen-bond donors (Lipinski definition) is 0. The number of rotatable bonds is 5. The van der Waals surface area contributed by atoms with E-state index in [1.807, 2.05) is 24.3 Å². The molecule has 124 valence electrons. The van der Waals surface area contributed by atoms with E-state index >= 15 is 0 Å². The Morgan fingerprint density at radius 1 is 0.880 bits per heavy atom. The third-order valence-corrected chi connectivity index (χ3v) is 3.96. The molecule has 0 unspecified atom stereocenters. The monoisotopic (exact) mass is 332 g/mol. The molecule has 2 aromatic heterocycles. The summed E-state index contributed by atoms with van der Waals surface area (Å²) in [7, 11) is 0. The number of fused-ring (bicyclic) bond motifs is 1. The van der Waals surface area contributed by atoms with E-state index in [2.05, 4.69) is 12.1 Å². The predicted octanol–water partition coefficient (Wildman–Crippen LogP) is 4.67. The van der Waals surface area contributed by atoms with Crippen molar-refractivity contribution in [3.8, 4) is 17.3 Å². The molecule has 0 N–H and O–H groups in total. The van der Waals surface area contributed by atoms with Crippen LogP contribution in [0.15, 0.2) is 86.6 Å². The quantitative estimate of drug-likeness (QED) is 0.533. The first-order valence-corrected chi connectivity index (χ1v) is 8.08. The number of benzene rings is 2. The lowest BCUT2D eigenvalue weighted by atomic mass is 10.2. The molecule has 2 heterocycles. The van der Waals surface area contributed by atoms with Crippen molar-refractivity contribution in [1.82, 2.24) is 0 Å². The van der Waals surface area contributed by atoms with E-state index in [0.29, 0.717) is 34.8 Å². The Morgan fingerprint density at radius 3 is 2.56 bits per heavy atom. The SMILES string of the molecule is O=c1cc(-c2ccco2)oc2ccc(OCCc3ccccc3)cc12. The van der Waals surface area contributed by atoms with Gasteiger partial charge in [0.2, 0.25) is 0 Å². The molecule has 0 aliphatic heterocycles. The van der Waals surface area contributed by atoms with Gasteiger partial charge >= 0.3 is 0 Å². The molecule has 0 amide bonds. The zero-order valence-electron chi connectivity index (χ0n) is 13.5. The largest absolute Gasteiger partial charge is 0.493 e. The highest BCUT2D eigenvalue weighted by atomic mass is 16.5. The van der Waals surface area contributed by atoms with E-state index in [0.717, 1.165) is 6.42 Å². The van der Waals surface area contributed by atoms with Crippen LogP contribution in [0.1, 0.15) is 5.56 Å². The molecule has 4 aromatic rings. The molecule has 0 atom stereocenters. The van der Waals surface area contributed by atoms with Crippen LogP contribution in [0, 0.1) is 0 Å². The average molecular weight is 332 g/mol. The lowest BCUT2D eigenvalue weighted by Crippen LogP contribution is -2.03. The van der Waals surface area contributed by atoms with E-state index in [-0.39, 0.29) is 5.43 Å². The zero-order valence-corrected chi connectivity index (χ0v) is 13.5. The minimum atomic E-state index is -0.124. The van der Waals surface area contributed by atoms with Crippen LogP contribution in [-0.2, 0) is 6.42 Å². The van der Waals surface area contributed by atoms with Crippen LogP contribution in [0.5, 0.6) is 5.75 Å². The van der Waals surface area contributed by atoms with Crippen LogP contribution in [0.25, 0.3) is 22.5 Å². The minimum Gasteiger partial charge on any atom is -0.493 e. The Kier molecular flexibility index (Phi) is 4.09.